The van der Waals surface area contributed by atoms with Crippen LogP contribution in [-0.4, -0.2) is 0 Å². The van der Waals surface area contributed by atoms with Crippen molar-refractivity contribution in [3.05, 3.63) is 30.3 Å². The molecule has 0 fully saturated rings. The van der Waals surface area contributed by atoms with Gasteiger partial charge in [-0.25, -0.2) is 0 Å². The van der Waals surface area contributed by atoms with Gasteiger partial charge in [-0.1, -0.05) is 0 Å². The number of hydrogen-bond donors (Lipinski definition) is 0. The van der Waals surface area contributed by atoms with Crippen LogP contribution in [0.25, 0.3) is 0 Å². The molecule has 0 aromatic heterocycles. The van der Waals surface area contributed by atoms with Crippen LogP contribution in [0.2, 0.25) is 0 Å². The van der Waals surface area contributed by atoms with E-state index in [2.05, 4.69) is 0 Å². The van der Waals surface area contributed by atoms with Crippen LogP contribution in [-0.2, 0) is 20.3 Å². The fraction of sp³-hybridized carbons (Fsp3) is 0. The van der Waals surface area contributed by atoms with E-state index in [0.29, 0.717) is 12.1 Å². The molecule has 0 radical (unpaired) electrons. The van der Waals surface area contributed by atoms with Crippen molar-refractivity contribution in [1.29, 1.82) is 0 Å². The van der Waals surface area contributed by atoms with Crippen molar-refractivity contribution in [2.45, 2.75) is 0 Å². The Balaban J connectivity index is 3.36. The second-order valence-electron chi connectivity index (χ2n) is 2.55. The SMILES string of the molecule is [F][Zr]([F])([F])([F])([F])[c]1ccccc1. The standard InChI is InChI=1S/C6H5.5FH.Zr/c1-2-4-6-5-3-1;;;;;;/h1-5H;5*1H;/q;;;;;;+5/p-5. The first-order valence-electron chi connectivity index (χ1n) is 3.11. The summed E-state index contributed by atoms with van der Waals surface area (Å²) in [4.78, 5) is 0. The van der Waals surface area contributed by atoms with Gasteiger partial charge in [-0.15, -0.1) is 0 Å². The first kappa shape index (κ1) is 9.84. The van der Waals surface area contributed by atoms with E-state index >= 15 is 0 Å². The molecular weight excluding hydrogens is 258 g/mol. The van der Waals surface area contributed by atoms with E-state index in [-0.39, 0.29) is 0 Å². The molecule has 1 aromatic carbocycles. The molecule has 0 saturated carbocycles. The number of hydrogen-bond acceptors (Lipinski definition) is 0. The van der Waals surface area contributed by atoms with Crippen LogP contribution in [0, 0.1) is 0 Å². The molecule has 0 aliphatic rings. The van der Waals surface area contributed by atoms with Crippen LogP contribution in [0.1, 0.15) is 0 Å². The van der Waals surface area contributed by atoms with Gasteiger partial charge in [0.2, 0.25) is 0 Å². The van der Waals surface area contributed by atoms with Crippen molar-refractivity contribution in [3.8, 4) is 0 Å². The first-order chi connectivity index (χ1) is 5.09. The summed E-state index contributed by atoms with van der Waals surface area (Å²) >= 11 is -10.4. The zero-order valence-electron chi connectivity index (χ0n) is 5.78. The number of halogens is 5. The minimum atomic E-state index is -10.4. The topological polar surface area (TPSA) is 0 Å². The molecule has 1 aromatic rings. The monoisotopic (exact) mass is 262 g/mol. The van der Waals surface area contributed by atoms with Crippen molar-refractivity contribution < 1.29 is 33.5 Å². The molecule has 0 N–H and O–H groups in total. The minimum absolute atomic E-state index is 0.400. The Morgan fingerprint density at radius 3 is 1.42 bits per heavy atom. The maximum atomic E-state index is 12.0. The zero-order valence-corrected chi connectivity index (χ0v) is 8.23. The van der Waals surface area contributed by atoms with Crippen LogP contribution in [0.4, 0.5) is 13.1 Å². The second-order valence-corrected chi connectivity index (χ2v) is 9.81. The third-order valence-corrected chi connectivity index (χ3v) is 4.82. The fourth-order valence-electron chi connectivity index (χ4n) is 0.753. The van der Waals surface area contributed by atoms with Gasteiger partial charge in [0.15, 0.2) is 0 Å². The Morgan fingerprint density at radius 1 is 0.750 bits per heavy atom. The molecule has 0 atom stereocenters. The van der Waals surface area contributed by atoms with E-state index in [1.807, 2.05) is 0 Å². The van der Waals surface area contributed by atoms with Crippen LogP contribution in [0.5, 0.6) is 0 Å². The molecule has 0 heterocycles. The summed E-state index contributed by atoms with van der Waals surface area (Å²) in [6.45, 7) is 0. The molecule has 0 aliphatic carbocycles. The molecule has 0 nitrogen and oxygen atoms in total. The Morgan fingerprint density at radius 2 is 1.17 bits per heavy atom. The van der Waals surface area contributed by atoms with Crippen LogP contribution in [0.15, 0.2) is 30.3 Å². The van der Waals surface area contributed by atoms with E-state index in [1.54, 1.807) is 0 Å². The zero-order chi connectivity index (χ0) is 9.52. The van der Waals surface area contributed by atoms with E-state index in [1.165, 1.54) is 6.07 Å². The average Bonchev–Trinajstić information content (AvgIpc) is 1.85. The molecule has 0 bridgehead atoms. The number of benzene rings is 1. The van der Waals surface area contributed by atoms with Gasteiger partial charge in [0.05, 0.1) is 0 Å². The van der Waals surface area contributed by atoms with E-state index < -0.39 is 23.6 Å². The quantitative estimate of drug-likeness (QED) is 0.683. The average molecular weight is 263 g/mol. The van der Waals surface area contributed by atoms with E-state index in [0.717, 1.165) is 12.1 Å². The molecule has 1 rings (SSSR count). The molecular formula is C6H5F5Zr. The van der Waals surface area contributed by atoms with Gasteiger partial charge in [0.1, 0.15) is 0 Å². The van der Waals surface area contributed by atoms with Gasteiger partial charge in [0.25, 0.3) is 0 Å². The van der Waals surface area contributed by atoms with Gasteiger partial charge in [-0.05, 0) is 0 Å². The summed E-state index contributed by atoms with van der Waals surface area (Å²) < 4.78 is 58.4. The second kappa shape index (κ2) is 1.98. The summed E-state index contributed by atoms with van der Waals surface area (Å²) in [5, 5.41) is 0. The van der Waals surface area contributed by atoms with Gasteiger partial charge in [-0.2, -0.15) is 0 Å². The third-order valence-electron chi connectivity index (χ3n) is 1.32. The molecule has 68 valence electrons. The van der Waals surface area contributed by atoms with Crippen LogP contribution >= 0.6 is 0 Å². The molecule has 0 aliphatic heterocycles. The van der Waals surface area contributed by atoms with Gasteiger partial charge in [-0.3, -0.25) is 0 Å². The predicted octanol–water partition coefficient (Wildman–Crippen LogP) is 2.96. The van der Waals surface area contributed by atoms with Gasteiger partial charge in [0, 0.05) is 0 Å². The maximum absolute atomic E-state index is 12.0. The van der Waals surface area contributed by atoms with E-state index in [9.17, 15) is 13.1 Å². The van der Waals surface area contributed by atoms with Crippen LogP contribution in [0.3, 0.4) is 0 Å². The van der Waals surface area contributed by atoms with Crippen LogP contribution < -0.4 is 3.27 Å². The molecule has 0 unspecified atom stereocenters. The van der Waals surface area contributed by atoms with Crippen molar-refractivity contribution in [3.63, 3.8) is 0 Å². The molecule has 6 heteroatoms. The summed E-state index contributed by atoms with van der Waals surface area (Å²) in [6.07, 6.45) is 0. The fourth-order valence-corrected chi connectivity index (χ4v) is 2.77. The molecule has 0 spiro atoms. The predicted molar refractivity (Wildman–Crippen MR) is 31.6 cm³/mol. The number of rotatable bonds is 1. The van der Waals surface area contributed by atoms with Crippen molar-refractivity contribution in [2.75, 3.05) is 0 Å². The van der Waals surface area contributed by atoms with Gasteiger partial charge >= 0.3 is 67.1 Å². The summed E-state index contributed by atoms with van der Waals surface area (Å²) in [6, 6.07) is 3.95. The Kier molecular flexibility index (Phi) is 1.62. The molecule has 0 saturated heterocycles. The van der Waals surface area contributed by atoms with Crippen molar-refractivity contribution in [1.82, 2.24) is 0 Å². The Bertz CT molecular complexity index is 285. The van der Waals surface area contributed by atoms with Gasteiger partial charge < -0.3 is 0 Å². The molecule has 12 heavy (non-hydrogen) atoms. The first-order valence-corrected chi connectivity index (χ1v) is 8.98. The van der Waals surface area contributed by atoms with Crippen molar-refractivity contribution >= 4 is 3.27 Å². The summed E-state index contributed by atoms with van der Waals surface area (Å²) in [5.74, 6) is 0. The third kappa shape index (κ3) is 2.37. The summed E-state index contributed by atoms with van der Waals surface area (Å²) in [5.41, 5.74) is 0. The Hall–Kier alpha value is -0.247. The van der Waals surface area contributed by atoms with E-state index in [4.69, 9.17) is 0 Å². The molecule has 0 amide bonds. The normalized spacial score (nSPS) is 18.1. The van der Waals surface area contributed by atoms with Crippen molar-refractivity contribution in [2.24, 2.45) is 0 Å². The summed E-state index contributed by atoms with van der Waals surface area (Å²) in [7, 11) is 0. The Labute approximate surface area is 67.3 Å².